The highest BCUT2D eigenvalue weighted by Gasteiger charge is 2.36. The normalized spacial score (nSPS) is 16.3. The monoisotopic (exact) mass is 563 g/mol. The molecule has 2 heterocycles. The first-order chi connectivity index (χ1) is 16.7. The summed E-state index contributed by atoms with van der Waals surface area (Å²) < 4.78 is 29.2. The van der Waals surface area contributed by atoms with Crippen LogP contribution in [0.2, 0.25) is 5.02 Å². The number of anilines is 1. The topological polar surface area (TPSA) is 45.2 Å². The Bertz CT molecular complexity index is 1240. The predicted molar refractivity (Wildman–Crippen MR) is 142 cm³/mol. The Labute approximate surface area is 218 Å². The number of nitrogens with one attached hydrogen (secondary N) is 1. The minimum atomic E-state index is -2.77. The number of piperidine rings is 1. The van der Waals surface area contributed by atoms with Gasteiger partial charge in [0.2, 0.25) is 0 Å². The first kappa shape index (κ1) is 25.8. The Morgan fingerprint density at radius 1 is 1.29 bits per heavy atom. The number of carbonyl (C=O) groups excluding carboxylic acids is 1. The molecular formula is C27H29BrClF2N3O. The number of halogens is 4. The van der Waals surface area contributed by atoms with Gasteiger partial charge in [0.1, 0.15) is 5.82 Å². The van der Waals surface area contributed by atoms with Crippen molar-refractivity contribution >= 4 is 50.2 Å². The maximum absolute atomic E-state index is 14.2. The second-order valence-electron chi connectivity index (χ2n) is 9.20. The van der Waals surface area contributed by atoms with Gasteiger partial charge in [0.15, 0.2) is 0 Å². The van der Waals surface area contributed by atoms with Gasteiger partial charge in [-0.3, -0.25) is 4.79 Å². The highest BCUT2D eigenvalue weighted by molar-refractivity contribution is 9.10. The number of rotatable bonds is 7. The van der Waals surface area contributed by atoms with Crippen LogP contribution in [-0.2, 0) is 0 Å². The number of hydrogen-bond acceptors (Lipinski definition) is 3. The number of pyridine rings is 1. The van der Waals surface area contributed by atoms with Gasteiger partial charge in [0.25, 0.3) is 11.8 Å². The van der Waals surface area contributed by atoms with Crippen molar-refractivity contribution in [2.24, 2.45) is 0 Å². The number of aromatic nitrogens is 1. The summed E-state index contributed by atoms with van der Waals surface area (Å²) in [4.78, 5) is 19.9. The molecule has 3 aromatic rings. The molecule has 1 fully saturated rings. The van der Waals surface area contributed by atoms with Crippen LogP contribution in [0.1, 0.15) is 60.0 Å². The molecule has 1 aliphatic rings. The summed E-state index contributed by atoms with van der Waals surface area (Å²) in [5, 5.41) is 4.47. The van der Waals surface area contributed by atoms with Crippen molar-refractivity contribution in [2.45, 2.75) is 51.4 Å². The summed E-state index contributed by atoms with van der Waals surface area (Å²) in [7, 11) is 0. The van der Waals surface area contributed by atoms with Crippen LogP contribution >= 0.6 is 27.5 Å². The number of hydrogen-bond donors (Lipinski definition) is 1. The second-order valence-corrected chi connectivity index (χ2v) is 10.5. The van der Waals surface area contributed by atoms with Gasteiger partial charge in [-0.2, -0.15) is 0 Å². The van der Waals surface area contributed by atoms with E-state index in [9.17, 15) is 13.6 Å². The Morgan fingerprint density at radius 2 is 2.06 bits per heavy atom. The van der Waals surface area contributed by atoms with Gasteiger partial charge in [-0.1, -0.05) is 59.1 Å². The Balaban J connectivity index is 1.70. The van der Waals surface area contributed by atoms with Crippen LogP contribution in [0.5, 0.6) is 0 Å². The second kappa shape index (κ2) is 10.8. The van der Waals surface area contributed by atoms with Crippen LogP contribution in [0, 0.1) is 6.92 Å². The van der Waals surface area contributed by atoms with Crippen LogP contribution < -0.4 is 10.2 Å². The SMILES string of the molecule is CCCC(CNC(=O)c1c(C)c(N2CCCC(F)(F)C2)nc2ccc(Br)cc12)c1ccccc1Cl. The van der Waals surface area contributed by atoms with E-state index in [1.165, 1.54) is 0 Å². The minimum absolute atomic E-state index is 0.0676. The van der Waals surface area contributed by atoms with Crippen LogP contribution in [0.3, 0.4) is 0 Å². The van der Waals surface area contributed by atoms with Gasteiger partial charge >= 0.3 is 0 Å². The molecule has 0 saturated carbocycles. The molecular weight excluding hydrogens is 536 g/mol. The number of fused-ring (bicyclic) bond motifs is 1. The lowest BCUT2D eigenvalue weighted by Crippen LogP contribution is -2.43. The molecule has 4 nitrogen and oxygen atoms in total. The van der Waals surface area contributed by atoms with E-state index in [0.717, 1.165) is 22.9 Å². The lowest BCUT2D eigenvalue weighted by atomic mass is 9.94. The average molecular weight is 565 g/mol. The number of benzene rings is 2. The van der Waals surface area contributed by atoms with E-state index < -0.39 is 12.5 Å². The summed E-state index contributed by atoms with van der Waals surface area (Å²) in [5.41, 5.74) is 2.68. The van der Waals surface area contributed by atoms with Gasteiger partial charge in [-0.15, -0.1) is 0 Å². The summed E-state index contributed by atoms with van der Waals surface area (Å²) in [5.74, 6) is -2.50. The molecule has 8 heteroatoms. The van der Waals surface area contributed by atoms with E-state index in [0.29, 0.717) is 52.4 Å². The maximum atomic E-state index is 14.2. The minimum Gasteiger partial charge on any atom is -0.351 e. The summed E-state index contributed by atoms with van der Waals surface area (Å²) in [6, 6.07) is 13.2. The van der Waals surface area contributed by atoms with Crippen molar-refractivity contribution in [1.82, 2.24) is 10.3 Å². The van der Waals surface area contributed by atoms with Gasteiger partial charge in [-0.25, -0.2) is 13.8 Å². The van der Waals surface area contributed by atoms with Gasteiger partial charge in [0.05, 0.1) is 17.6 Å². The fourth-order valence-corrected chi connectivity index (χ4v) is 5.54. The third kappa shape index (κ3) is 5.78. The molecule has 0 spiro atoms. The quantitative estimate of drug-likeness (QED) is 0.323. The number of nitrogens with zero attached hydrogens (tertiary/aromatic N) is 2. The highest BCUT2D eigenvalue weighted by atomic mass is 79.9. The van der Waals surface area contributed by atoms with E-state index in [4.69, 9.17) is 16.6 Å². The Morgan fingerprint density at radius 3 is 2.77 bits per heavy atom. The standard InChI is InChI=1S/C27H29BrClF2N3O/c1-3-7-18(20-8-4-5-9-22(20)29)15-32-26(35)24-17(2)25(34-13-6-12-27(30,31)16-34)33-23-11-10-19(28)14-21(23)24/h4-5,8-11,14,18H,3,6-7,12-13,15-16H2,1-2H3,(H,32,35). The van der Waals surface area contributed by atoms with E-state index in [-0.39, 0.29) is 18.2 Å². The first-order valence-corrected chi connectivity index (χ1v) is 13.1. The van der Waals surface area contributed by atoms with Gasteiger partial charge < -0.3 is 10.2 Å². The average Bonchev–Trinajstić information content (AvgIpc) is 2.81. The van der Waals surface area contributed by atoms with E-state index >= 15 is 0 Å². The van der Waals surface area contributed by atoms with Crippen molar-refractivity contribution in [1.29, 1.82) is 0 Å². The molecule has 0 bridgehead atoms. The third-order valence-corrected chi connectivity index (χ3v) is 7.41. The zero-order valence-electron chi connectivity index (χ0n) is 19.9. The van der Waals surface area contributed by atoms with Crippen LogP contribution in [0.25, 0.3) is 10.9 Å². The molecule has 1 amide bonds. The molecule has 35 heavy (non-hydrogen) atoms. The molecule has 1 saturated heterocycles. The number of alkyl halides is 2. The molecule has 1 unspecified atom stereocenters. The zero-order chi connectivity index (χ0) is 25.2. The van der Waals surface area contributed by atoms with E-state index in [1.54, 1.807) is 11.8 Å². The predicted octanol–water partition coefficient (Wildman–Crippen LogP) is 7.51. The molecule has 2 aromatic carbocycles. The van der Waals surface area contributed by atoms with Crippen LogP contribution in [0.15, 0.2) is 46.9 Å². The smallest absolute Gasteiger partial charge is 0.265 e. The Kier molecular flexibility index (Phi) is 7.96. The van der Waals surface area contributed by atoms with Crippen molar-refractivity contribution in [3.05, 3.63) is 68.7 Å². The van der Waals surface area contributed by atoms with E-state index in [1.807, 2.05) is 42.5 Å². The molecule has 4 rings (SSSR count). The zero-order valence-corrected chi connectivity index (χ0v) is 22.2. The molecule has 1 atom stereocenters. The van der Waals surface area contributed by atoms with Crippen molar-refractivity contribution in [3.63, 3.8) is 0 Å². The van der Waals surface area contributed by atoms with Gasteiger partial charge in [0, 0.05) is 45.9 Å². The highest BCUT2D eigenvalue weighted by Crippen LogP contribution is 2.35. The number of carbonyl (C=O) groups is 1. The lowest BCUT2D eigenvalue weighted by Gasteiger charge is -2.34. The van der Waals surface area contributed by atoms with Crippen LogP contribution in [-0.4, -0.2) is 36.4 Å². The molecule has 1 N–H and O–H groups in total. The van der Waals surface area contributed by atoms with Crippen molar-refractivity contribution in [2.75, 3.05) is 24.5 Å². The van der Waals surface area contributed by atoms with Crippen molar-refractivity contribution in [3.8, 4) is 0 Å². The fraction of sp³-hybridized carbons (Fsp3) is 0.407. The lowest BCUT2D eigenvalue weighted by molar-refractivity contribution is -0.0118. The largest absolute Gasteiger partial charge is 0.351 e. The third-order valence-electron chi connectivity index (χ3n) is 6.58. The van der Waals surface area contributed by atoms with Gasteiger partial charge in [-0.05, 0) is 49.6 Å². The summed E-state index contributed by atoms with van der Waals surface area (Å²) in [6.45, 7) is 4.41. The van der Waals surface area contributed by atoms with E-state index in [2.05, 4.69) is 28.2 Å². The fourth-order valence-electron chi connectivity index (χ4n) is 4.89. The summed E-state index contributed by atoms with van der Waals surface area (Å²) >= 11 is 9.93. The first-order valence-electron chi connectivity index (χ1n) is 12.0. The maximum Gasteiger partial charge on any atom is 0.265 e. The molecule has 1 aromatic heterocycles. The molecule has 0 aliphatic carbocycles. The molecule has 186 valence electrons. The Hall–Kier alpha value is -2.25. The van der Waals surface area contributed by atoms with Crippen molar-refractivity contribution < 1.29 is 13.6 Å². The number of amides is 1. The summed E-state index contributed by atoms with van der Waals surface area (Å²) in [6.07, 6.45) is 2.07. The van der Waals surface area contributed by atoms with Crippen LogP contribution in [0.4, 0.5) is 14.6 Å². The molecule has 0 radical (unpaired) electrons. The molecule has 1 aliphatic heterocycles.